The second-order valence-corrected chi connectivity index (χ2v) is 38.5. The second-order valence-electron chi connectivity index (χ2n) is 38.5. The van der Waals surface area contributed by atoms with Crippen molar-refractivity contribution in [1.29, 1.82) is 0 Å². The van der Waals surface area contributed by atoms with Gasteiger partial charge in [-0.2, -0.15) is 0 Å². The summed E-state index contributed by atoms with van der Waals surface area (Å²) in [6.45, 7) is 28.0. The molecule has 18 aromatic carbocycles. The molecule has 0 atom stereocenters. The van der Waals surface area contributed by atoms with Crippen molar-refractivity contribution < 1.29 is 0 Å². The Morgan fingerprint density at radius 3 is 1.17 bits per heavy atom. The number of likely N-dealkylation sites (N-methyl/N-ethyl adjacent to an activating group) is 1. The molecule has 2 aliphatic heterocycles. The van der Waals surface area contributed by atoms with Crippen LogP contribution in [0.4, 0.5) is 28.4 Å². The quantitative estimate of drug-likeness (QED) is 0.0753. The number of fused-ring (bicyclic) bond motifs is 14. The van der Waals surface area contributed by atoms with Crippen molar-refractivity contribution in [2.45, 2.75) is 124 Å². The largest absolute Gasteiger partial charge is 0.370 e. The molecule has 0 saturated carbocycles. The molecular weight excluding hydrogens is 1590 g/mol. The van der Waals surface area contributed by atoms with Crippen LogP contribution < -0.4 is 14.7 Å². The number of nitrogens with zero attached hydrogens (tertiary/aromatic N) is 3. The lowest BCUT2D eigenvalue weighted by molar-refractivity contribution is 0.660. The van der Waals surface area contributed by atoms with Gasteiger partial charge >= 0.3 is 0 Å². The number of para-hydroxylation sites is 2. The van der Waals surface area contributed by atoms with Gasteiger partial charge in [-0.15, -0.1) is 0 Å². The van der Waals surface area contributed by atoms with E-state index in [1.54, 1.807) is 0 Å². The molecule has 0 spiro atoms. The first kappa shape index (κ1) is 81.8. The summed E-state index contributed by atoms with van der Waals surface area (Å²) >= 11 is 0. The molecule has 0 unspecified atom stereocenters. The Morgan fingerprint density at radius 2 is 0.644 bits per heavy atom. The molecule has 2 heterocycles. The zero-order valence-corrected chi connectivity index (χ0v) is 77.4. The molecule has 3 aliphatic carbocycles. The average Bonchev–Trinajstić information content (AvgIpc) is 1.51. The van der Waals surface area contributed by atoms with Gasteiger partial charge in [0.2, 0.25) is 0 Å². The third kappa shape index (κ3) is 12.9. The predicted octanol–water partition coefficient (Wildman–Crippen LogP) is 34.0. The van der Waals surface area contributed by atoms with E-state index in [9.17, 15) is 0 Å². The smallest absolute Gasteiger partial charge is 0.0587 e. The Labute approximate surface area is 779 Å². The molecule has 0 aromatic heterocycles. The van der Waals surface area contributed by atoms with Crippen molar-refractivity contribution in [3.63, 3.8) is 0 Å². The molecule has 0 bridgehead atoms. The monoisotopic (exact) mass is 1700 g/mol. The Morgan fingerprint density at radius 1 is 0.250 bits per heavy atom. The minimum absolute atomic E-state index is 0.395. The third-order valence-electron chi connectivity index (χ3n) is 30.2. The van der Waals surface area contributed by atoms with Crippen molar-refractivity contribution in [1.82, 2.24) is 0 Å². The van der Waals surface area contributed by atoms with Crippen molar-refractivity contribution in [2.75, 3.05) is 27.8 Å². The van der Waals surface area contributed by atoms with E-state index in [4.69, 9.17) is 0 Å². The van der Waals surface area contributed by atoms with Crippen molar-refractivity contribution in [3.8, 4) is 156 Å². The lowest BCUT2D eigenvalue weighted by Gasteiger charge is -2.41. The van der Waals surface area contributed by atoms with E-state index in [-0.39, 0.29) is 0 Å². The van der Waals surface area contributed by atoms with Crippen LogP contribution in [-0.4, -0.2) is 13.1 Å². The van der Waals surface area contributed by atoms with Gasteiger partial charge in [0, 0.05) is 81.6 Å². The highest BCUT2D eigenvalue weighted by molar-refractivity contribution is 6.11. The Kier molecular flexibility index (Phi) is 20.1. The summed E-state index contributed by atoms with van der Waals surface area (Å²) in [7, 11) is 0. The minimum Gasteiger partial charge on any atom is -0.370 e. The van der Waals surface area contributed by atoms with Gasteiger partial charge < -0.3 is 14.7 Å². The van der Waals surface area contributed by atoms with Crippen LogP contribution in [0.3, 0.4) is 0 Å². The van der Waals surface area contributed by atoms with Crippen molar-refractivity contribution in [2.24, 2.45) is 0 Å². The summed E-state index contributed by atoms with van der Waals surface area (Å²) in [6, 6.07) is 146. The highest BCUT2D eigenvalue weighted by atomic mass is 15.2. The summed E-state index contributed by atoms with van der Waals surface area (Å²) in [5, 5.41) is 0. The Bertz CT molecular complexity index is 7520. The maximum Gasteiger partial charge on any atom is 0.0587 e. The molecule has 0 saturated heterocycles. The summed E-state index contributed by atoms with van der Waals surface area (Å²) < 4.78 is 0. The molecule has 0 N–H and O–H groups in total. The molecule has 0 radical (unpaired) electrons. The third-order valence-corrected chi connectivity index (χ3v) is 30.2. The number of hydrogen-bond acceptors (Lipinski definition) is 3. The molecule has 18 aromatic rings. The van der Waals surface area contributed by atoms with E-state index < -0.39 is 16.2 Å². The van der Waals surface area contributed by atoms with Gasteiger partial charge in [0.05, 0.1) is 17.1 Å². The SMILES string of the molecule is CCc1c(-c2ccccc2)cc2c(c1-c1ccc(CCN(CC)c3c(-c4ccccc4)c(CC)c(-c4ccccc4)c4c3-c3cc(-c5ccccc5)c(CC)c(-c5ccccc5)c3C4(C)C)cc1)C(C)(C)c1c-2cc2c3c1-c1ccccc1CN3Cc1ccc(-c3cc4c(cc3-c3ccccc3)C(C)(C)c3c-4ccc(-c4ccccc4)c3N(c3ccccc3)c3ccccc3)cc1-2. The molecule has 640 valence electrons. The lowest BCUT2D eigenvalue weighted by atomic mass is 9.72. The molecular formula is C129H109N3. The topological polar surface area (TPSA) is 9.72 Å². The summed E-state index contributed by atoms with van der Waals surface area (Å²) in [5.41, 5.74) is 57.6. The average molecular weight is 1700 g/mol. The van der Waals surface area contributed by atoms with E-state index in [0.29, 0.717) is 0 Å². The lowest BCUT2D eigenvalue weighted by Crippen LogP contribution is -2.31. The zero-order chi connectivity index (χ0) is 89.4. The maximum atomic E-state index is 2.78. The Balaban J connectivity index is 0.681. The minimum atomic E-state index is -0.429. The van der Waals surface area contributed by atoms with Gasteiger partial charge in [0.1, 0.15) is 0 Å². The predicted molar refractivity (Wildman–Crippen MR) is 560 cm³/mol. The van der Waals surface area contributed by atoms with Gasteiger partial charge in [-0.25, -0.2) is 0 Å². The fraction of sp³-hybridized carbons (Fsp3) is 0.163. The van der Waals surface area contributed by atoms with Crippen molar-refractivity contribution in [3.05, 3.63) is 449 Å². The van der Waals surface area contributed by atoms with Crippen LogP contribution in [0, 0.1) is 0 Å². The van der Waals surface area contributed by atoms with E-state index in [2.05, 4.69) is 466 Å². The first-order valence-electron chi connectivity index (χ1n) is 48.0. The van der Waals surface area contributed by atoms with Crippen LogP contribution in [0.25, 0.3) is 156 Å². The zero-order valence-electron chi connectivity index (χ0n) is 77.4. The molecule has 5 aliphatic rings. The molecule has 0 fully saturated rings. The highest BCUT2D eigenvalue weighted by Crippen LogP contribution is 2.67. The number of anilines is 5. The van der Waals surface area contributed by atoms with Gasteiger partial charge in [-0.05, 0) is 288 Å². The van der Waals surface area contributed by atoms with Gasteiger partial charge in [0.25, 0.3) is 0 Å². The van der Waals surface area contributed by atoms with Crippen molar-refractivity contribution >= 4 is 28.4 Å². The summed E-state index contributed by atoms with van der Waals surface area (Å²) in [6.07, 6.45) is 3.49. The Hall–Kier alpha value is -14.6. The van der Waals surface area contributed by atoms with E-state index >= 15 is 0 Å². The molecule has 0 amide bonds. The van der Waals surface area contributed by atoms with Crippen LogP contribution in [0.15, 0.2) is 382 Å². The van der Waals surface area contributed by atoms with Crippen LogP contribution in [0.5, 0.6) is 0 Å². The molecule has 3 nitrogen and oxygen atoms in total. The van der Waals surface area contributed by atoms with Crippen LogP contribution >= 0.6 is 0 Å². The molecule has 23 rings (SSSR count). The van der Waals surface area contributed by atoms with E-state index in [1.165, 1.54) is 240 Å². The van der Waals surface area contributed by atoms with E-state index in [0.717, 1.165) is 63.2 Å². The van der Waals surface area contributed by atoms with Gasteiger partial charge in [-0.3, -0.25) is 0 Å². The normalized spacial score (nSPS) is 13.8. The number of benzene rings is 18. The molecule has 132 heavy (non-hydrogen) atoms. The molecule has 3 heteroatoms. The first-order valence-corrected chi connectivity index (χ1v) is 48.0. The number of hydrogen-bond donors (Lipinski definition) is 0. The van der Waals surface area contributed by atoms with Gasteiger partial charge in [-0.1, -0.05) is 384 Å². The second kappa shape index (κ2) is 32.5. The highest BCUT2D eigenvalue weighted by Gasteiger charge is 2.49. The first-order chi connectivity index (χ1) is 64.6. The standard InChI is InChI=1S/C129H109N3/c1-11-96-103(84-46-26-16-27-47-84)76-108-109-78-110-102-74-91(105-75-107-101-71-70-100(83-44-24-15-25-45-83)125(132(94-59-38-22-39-60-94)95-61-40-23-41-62-95)122(101)127(5,6)112(107)79-106(105)86-50-30-18-31-51-86)68-69-93(102)81-131-80-92-58-42-43-63-99(92)117(124(110)131)120(109)128(7,8)119(108)114(96)90-66-64-82(65-67-90)72-73-130(14-4)126-116(89-56-36-21-37-57-89)98(13-3)115(88-54-34-20-35-55-88)123-118(126)111-77-104(85-48-28-17-29-49-85)97(12-2)113(121(111)129(123,9)10)87-52-32-19-33-53-87/h15-71,74-79H,11-14,72-73,80-81H2,1-10H3. The van der Waals surface area contributed by atoms with Gasteiger partial charge in [0.15, 0.2) is 0 Å². The summed E-state index contributed by atoms with van der Waals surface area (Å²) in [4.78, 5) is 8.02. The van der Waals surface area contributed by atoms with Crippen LogP contribution in [-0.2, 0) is 55.0 Å². The van der Waals surface area contributed by atoms with E-state index in [1.807, 2.05) is 0 Å². The fourth-order valence-electron chi connectivity index (χ4n) is 24.5. The fourth-order valence-corrected chi connectivity index (χ4v) is 24.5. The maximum absolute atomic E-state index is 2.78. The van der Waals surface area contributed by atoms with Crippen LogP contribution in [0.1, 0.15) is 136 Å². The van der Waals surface area contributed by atoms with Crippen LogP contribution in [0.2, 0.25) is 0 Å². The summed E-state index contributed by atoms with van der Waals surface area (Å²) in [5.74, 6) is 0. The number of rotatable bonds is 20.